The van der Waals surface area contributed by atoms with Gasteiger partial charge in [-0.15, -0.1) is 0 Å². The first kappa shape index (κ1) is 13.7. The van der Waals surface area contributed by atoms with Crippen molar-refractivity contribution in [3.05, 3.63) is 24.3 Å². The van der Waals surface area contributed by atoms with Crippen LogP contribution in [0.2, 0.25) is 0 Å². The molecular formula is C15H18N2O4. The lowest BCUT2D eigenvalue weighted by molar-refractivity contribution is -0.122. The Hall–Kier alpha value is -2.24. The molecule has 1 saturated heterocycles. The zero-order chi connectivity index (χ0) is 14.8. The lowest BCUT2D eigenvalue weighted by Gasteiger charge is -2.14. The van der Waals surface area contributed by atoms with Crippen LogP contribution in [0.25, 0.3) is 0 Å². The Morgan fingerprint density at radius 3 is 3.00 bits per heavy atom. The summed E-state index contributed by atoms with van der Waals surface area (Å²) in [5.74, 6) is 0.910. The van der Waals surface area contributed by atoms with Crippen LogP contribution in [0, 0.1) is 5.92 Å². The number of nitrogens with zero attached hydrogens (tertiary/aromatic N) is 1. The van der Waals surface area contributed by atoms with E-state index in [2.05, 4.69) is 5.32 Å². The molecule has 0 spiro atoms. The normalized spacial score (nSPS) is 21.1. The summed E-state index contributed by atoms with van der Waals surface area (Å²) in [6.07, 6.45) is 1.22. The average molecular weight is 290 g/mol. The van der Waals surface area contributed by atoms with Crippen LogP contribution in [0.5, 0.6) is 5.75 Å². The van der Waals surface area contributed by atoms with E-state index in [-0.39, 0.29) is 17.9 Å². The van der Waals surface area contributed by atoms with Crippen LogP contribution in [0.3, 0.4) is 0 Å². The van der Waals surface area contributed by atoms with E-state index in [1.165, 1.54) is 0 Å². The van der Waals surface area contributed by atoms with Gasteiger partial charge in [0.2, 0.25) is 5.91 Å². The van der Waals surface area contributed by atoms with Crippen LogP contribution in [0.15, 0.2) is 24.3 Å². The molecule has 0 radical (unpaired) electrons. The Bertz CT molecular complexity index is 556. The molecule has 1 atom stereocenters. The van der Waals surface area contributed by atoms with Crippen LogP contribution >= 0.6 is 0 Å². The number of cyclic esters (lactones) is 1. The van der Waals surface area contributed by atoms with E-state index < -0.39 is 6.09 Å². The van der Waals surface area contributed by atoms with Gasteiger partial charge >= 0.3 is 6.09 Å². The highest BCUT2D eigenvalue weighted by molar-refractivity contribution is 5.90. The Balaban J connectivity index is 1.59. The first-order valence-electron chi connectivity index (χ1n) is 7.07. The number of benzene rings is 1. The second kappa shape index (κ2) is 5.63. The molecule has 6 nitrogen and oxygen atoms in total. The molecule has 2 fully saturated rings. The van der Waals surface area contributed by atoms with Gasteiger partial charge in [0, 0.05) is 12.0 Å². The maximum absolute atomic E-state index is 11.9. The predicted octanol–water partition coefficient (Wildman–Crippen LogP) is 1.55. The SMILES string of the molecule is COc1cccc(N2CC(CNC(=O)C3CC3)OC2=O)c1. The van der Waals surface area contributed by atoms with E-state index in [1.54, 1.807) is 18.1 Å². The van der Waals surface area contributed by atoms with Gasteiger partial charge in [0.05, 0.1) is 25.9 Å². The van der Waals surface area contributed by atoms with Crippen molar-refractivity contribution in [2.75, 3.05) is 25.1 Å². The summed E-state index contributed by atoms with van der Waals surface area (Å²) in [5.41, 5.74) is 0.732. The highest BCUT2D eigenvalue weighted by atomic mass is 16.6. The number of anilines is 1. The largest absolute Gasteiger partial charge is 0.497 e. The third-order valence-corrected chi connectivity index (χ3v) is 3.69. The minimum atomic E-state index is -0.395. The van der Waals surface area contributed by atoms with E-state index in [0.717, 1.165) is 18.5 Å². The van der Waals surface area contributed by atoms with Gasteiger partial charge in [-0.05, 0) is 25.0 Å². The van der Waals surface area contributed by atoms with Gasteiger partial charge in [-0.25, -0.2) is 4.79 Å². The van der Waals surface area contributed by atoms with Crippen LogP contribution in [0.4, 0.5) is 10.5 Å². The molecular weight excluding hydrogens is 272 g/mol. The minimum absolute atomic E-state index is 0.0610. The molecule has 1 N–H and O–H groups in total. The molecule has 1 heterocycles. The van der Waals surface area contributed by atoms with E-state index in [1.807, 2.05) is 18.2 Å². The molecule has 1 saturated carbocycles. The number of hydrogen-bond donors (Lipinski definition) is 1. The fourth-order valence-corrected chi connectivity index (χ4v) is 2.32. The quantitative estimate of drug-likeness (QED) is 0.893. The van der Waals surface area contributed by atoms with Gasteiger partial charge in [0.1, 0.15) is 11.9 Å². The van der Waals surface area contributed by atoms with Crippen molar-refractivity contribution in [3.63, 3.8) is 0 Å². The maximum Gasteiger partial charge on any atom is 0.414 e. The van der Waals surface area contributed by atoms with Crippen molar-refractivity contribution in [3.8, 4) is 5.75 Å². The van der Waals surface area contributed by atoms with Crippen molar-refractivity contribution >= 4 is 17.7 Å². The molecule has 1 aliphatic carbocycles. The van der Waals surface area contributed by atoms with Gasteiger partial charge in [0.15, 0.2) is 0 Å². The first-order valence-corrected chi connectivity index (χ1v) is 7.07. The second-order valence-corrected chi connectivity index (χ2v) is 5.34. The Morgan fingerprint density at radius 1 is 1.48 bits per heavy atom. The Labute approximate surface area is 123 Å². The molecule has 1 unspecified atom stereocenters. The van der Waals surface area contributed by atoms with Crippen molar-refractivity contribution in [2.24, 2.45) is 5.92 Å². The number of ether oxygens (including phenoxy) is 2. The standard InChI is InChI=1S/C15H18N2O4/c1-20-12-4-2-3-11(7-12)17-9-13(21-15(17)19)8-16-14(18)10-5-6-10/h2-4,7,10,13H,5-6,8-9H2,1H3,(H,16,18). The molecule has 1 aromatic carbocycles. The number of carbonyl (C=O) groups is 2. The van der Waals surface area contributed by atoms with Gasteiger partial charge < -0.3 is 14.8 Å². The number of rotatable bonds is 5. The van der Waals surface area contributed by atoms with Crippen LogP contribution in [0.1, 0.15) is 12.8 Å². The minimum Gasteiger partial charge on any atom is -0.497 e. The van der Waals surface area contributed by atoms with E-state index in [4.69, 9.17) is 9.47 Å². The van der Waals surface area contributed by atoms with Crippen molar-refractivity contribution < 1.29 is 19.1 Å². The fraction of sp³-hybridized carbons (Fsp3) is 0.467. The zero-order valence-electron chi connectivity index (χ0n) is 11.9. The Kier molecular flexibility index (Phi) is 3.68. The molecule has 112 valence electrons. The first-order chi connectivity index (χ1) is 10.2. The molecule has 21 heavy (non-hydrogen) atoms. The van der Waals surface area contributed by atoms with E-state index in [9.17, 15) is 9.59 Å². The number of nitrogens with one attached hydrogen (secondary N) is 1. The van der Waals surface area contributed by atoms with Crippen LogP contribution < -0.4 is 15.0 Å². The van der Waals surface area contributed by atoms with Crippen molar-refractivity contribution in [2.45, 2.75) is 18.9 Å². The third kappa shape index (κ3) is 3.09. The summed E-state index contributed by atoms with van der Waals surface area (Å²) >= 11 is 0. The molecule has 0 aromatic heterocycles. The highest BCUT2D eigenvalue weighted by Gasteiger charge is 2.34. The number of amides is 2. The topological polar surface area (TPSA) is 67.9 Å². The molecule has 3 rings (SSSR count). The van der Waals surface area contributed by atoms with Gasteiger partial charge in [-0.2, -0.15) is 0 Å². The lowest BCUT2D eigenvalue weighted by Crippen LogP contribution is -2.35. The summed E-state index contributed by atoms with van der Waals surface area (Å²) in [4.78, 5) is 25.1. The third-order valence-electron chi connectivity index (χ3n) is 3.69. The van der Waals surface area contributed by atoms with Gasteiger partial charge in [0.25, 0.3) is 0 Å². The molecule has 1 aliphatic heterocycles. The fourth-order valence-electron chi connectivity index (χ4n) is 2.32. The van der Waals surface area contributed by atoms with Crippen LogP contribution in [-0.2, 0) is 9.53 Å². The maximum atomic E-state index is 11.9. The molecule has 6 heteroatoms. The molecule has 2 aliphatic rings. The summed E-state index contributed by atoms with van der Waals surface area (Å²) < 4.78 is 10.4. The molecule has 2 amide bonds. The second-order valence-electron chi connectivity index (χ2n) is 5.34. The van der Waals surface area contributed by atoms with Crippen molar-refractivity contribution in [1.82, 2.24) is 5.32 Å². The van der Waals surface area contributed by atoms with Crippen LogP contribution in [-0.4, -0.2) is 38.3 Å². The number of carbonyl (C=O) groups excluding carboxylic acids is 2. The highest BCUT2D eigenvalue weighted by Crippen LogP contribution is 2.29. The summed E-state index contributed by atoms with van der Waals surface area (Å²) in [6, 6.07) is 7.25. The zero-order valence-corrected chi connectivity index (χ0v) is 11.9. The van der Waals surface area contributed by atoms with E-state index in [0.29, 0.717) is 18.8 Å². The summed E-state index contributed by atoms with van der Waals surface area (Å²) in [6.45, 7) is 0.790. The summed E-state index contributed by atoms with van der Waals surface area (Å²) in [7, 11) is 1.58. The Morgan fingerprint density at radius 2 is 2.29 bits per heavy atom. The van der Waals surface area contributed by atoms with E-state index >= 15 is 0 Å². The van der Waals surface area contributed by atoms with Gasteiger partial charge in [-0.1, -0.05) is 6.07 Å². The average Bonchev–Trinajstić information content (AvgIpc) is 3.28. The monoisotopic (exact) mass is 290 g/mol. The van der Waals surface area contributed by atoms with Crippen molar-refractivity contribution in [1.29, 1.82) is 0 Å². The molecule has 1 aromatic rings. The predicted molar refractivity (Wildman–Crippen MR) is 76.3 cm³/mol. The van der Waals surface area contributed by atoms with Gasteiger partial charge in [-0.3, -0.25) is 9.69 Å². The number of methoxy groups -OCH3 is 1. The lowest BCUT2D eigenvalue weighted by atomic mass is 10.2. The number of hydrogen-bond acceptors (Lipinski definition) is 4. The smallest absolute Gasteiger partial charge is 0.414 e. The summed E-state index contributed by atoms with van der Waals surface area (Å²) in [5, 5.41) is 2.83. The molecule has 0 bridgehead atoms.